The van der Waals surface area contributed by atoms with Gasteiger partial charge in [-0.15, -0.1) is 0 Å². The third-order valence-corrected chi connectivity index (χ3v) is 4.56. The van der Waals surface area contributed by atoms with Crippen molar-refractivity contribution in [3.63, 3.8) is 0 Å². The van der Waals surface area contributed by atoms with Crippen molar-refractivity contribution in [3.05, 3.63) is 82.4 Å². The zero-order chi connectivity index (χ0) is 14.4. The maximum absolute atomic E-state index is 10.8. The molecule has 0 aromatic heterocycles. The fourth-order valence-corrected chi connectivity index (χ4v) is 3.53. The minimum atomic E-state index is -0.560. The second-order valence-corrected chi connectivity index (χ2v) is 5.97. The summed E-state index contributed by atoms with van der Waals surface area (Å²) >= 11 is 0. The Morgan fingerprint density at radius 2 is 1.67 bits per heavy atom. The Bertz CT molecular complexity index is 822. The summed E-state index contributed by atoms with van der Waals surface area (Å²) in [5.41, 5.74) is 6.00. The van der Waals surface area contributed by atoms with Gasteiger partial charge in [-0.3, -0.25) is 0 Å². The average molecular weight is 274 g/mol. The summed E-state index contributed by atoms with van der Waals surface area (Å²) in [6.07, 6.45) is 1.68. The van der Waals surface area contributed by atoms with Crippen LogP contribution in [-0.4, -0.2) is 5.11 Å². The van der Waals surface area contributed by atoms with Crippen LogP contribution in [0.3, 0.4) is 0 Å². The molecule has 1 N–H and O–H groups in total. The molecular weight excluding hydrogens is 256 g/mol. The second-order valence-electron chi connectivity index (χ2n) is 5.97. The third kappa shape index (κ3) is 1.97. The fourth-order valence-electron chi connectivity index (χ4n) is 3.53. The van der Waals surface area contributed by atoms with Gasteiger partial charge in [0.15, 0.2) is 0 Å². The molecule has 104 valence electrons. The van der Waals surface area contributed by atoms with Crippen LogP contribution in [0.2, 0.25) is 0 Å². The van der Waals surface area contributed by atoms with Crippen LogP contribution in [0.1, 0.15) is 33.9 Å². The first-order valence-electron chi connectivity index (χ1n) is 7.52. The Kier molecular flexibility index (Phi) is 2.83. The highest BCUT2D eigenvalue weighted by Crippen LogP contribution is 2.36. The molecule has 21 heavy (non-hydrogen) atoms. The number of rotatable bonds is 2. The second kappa shape index (κ2) is 4.71. The van der Waals surface area contributed by atoms with Gasteiger partial charge in [0.2, 0.25) is 0 Å². The van der Waals surface area contributed by atoms with E-state index < -0.39 is 6.10 Å². The molecule has 0 bridgehead atoms. The lowest BCUT2D eigenvalue weighted by atomic mass is 9.93. The predicted octanol–water partition coefficient (Wildman–Crippen LogP) is 4.33. The van der Waals surface area contributed by atoms with Crippen LogP contribution < -0.4 is 0 Å². The van der Waals surface area contributed by atoms with Gasteiger partial charge in [0.1, 0.15) is 6.10 Å². The van der Waals surface area contributed by atoms with Crippen LogP contribution in [0.25, 0.3) is 10.8 Å². The number of benzene rings is 3. The highest BCUT2D eigenvalue weighted by atomic mass is 16.3. The molecule has 1 atom stereocenters. The lowest BCUT2D eigenvalue weighted by Crippen LogP contribution is -2.01. The largest absolute Gasteiger partial charge is 0.384 e. The van der Waals surface area contributed by atoms with E-state index in [9.17, 15) is 5.11 Å². The van der Waals surface area contributed by atoms with E-state index in [0.717, 1.165) is 24.0 Å². The summed E-state index contributed by atoms with van der Waals surface area (Å²) < 4.78 is 0. The molecule has 0 aliphatic heterocycles. The average Bonchev–Trinajstić information content (AvgIpc) is 2.92. The molecule has 1 aliphatic rings. The van der Waals surface area contributed by atoms with Gasteiger partial charge < -0.3 is 5.11 Å². The van der Waals surface area contributed by atoms with Crippen molar-refractivity contribution in [1.82, 2.24) is 0 Å². The first-order valence-corrected chi connectivity index (χ1v) is 7.52. The highest BCUT2D eigenvalue weighted by Gasteiger charge is 2.19. The molecular formula is C20H18O. The van der Waals surface area contributed by atoms with Crippen molar-refractivity contribution in [3.8, 4) is 0 Å². The number of aliphatic hydroxyl groups is 1. The maximum atomic E-state index is 10.8. The van der Waals surface area contributed by atoms with Crippen molar-refractivity contribution in [2.75, 3.05) is 0 Å². The summed E-state index contributed by atoms with van der Waals surface area (Å²) in [5.74, 6) is 0. The zero-order valence-corrected chi connectivity index (χ0v) is 12.1. The first kappa shape index (κ1) is 12.6. The van der Waals surface area contributed by atoms with Gasteiger partial charge in [-0.05, 0) is 52.8 Å². The first-order chi connectivity index (χ1) is 10.2. The van der Waals surface area contributed by atoms with Gasteiger partial charge >= 0.3 is 0 Å². The summed E-state index contributed by atoms with van der Waals surface area (Å²) in [5, 5.41) is 13.4. The number of hydrogen-bond acceptors (Lipinski definition) is 1. The minimum Gasteiger partial charge on any atom is -0.384 e. The molecule has 0 saturated heterocycles. The Morgan fingerprint density at radius 3 is 2.48 bits per heavy atom. The molecule has 1 heteroatoms. The SMILES string of the molecule is Cc1cccc([C@H](O)c2ccc3c4c(cccc24)CC3)c1. The van der Waals surface area contributed by atoms with E-state index in [1.165, 1.54) is 27.5 Å². The van der Waals surface area contributed by atoms with Crippen molar-refractivity contribution < 1.29 is 5.11 Å². The maximum Gasteiger partial charge on any atom is 0.105 e. The van der Waals surface area contributed by atoms with Crippen LogP contribution >= 0.6 is 0 Å². The van der Waals surface area contributed by atoms with E-state index in [1.807, 2.05) is 12.1 Å². The number of aliphatic hydroxyl groups excluding tert-OH is 1. The molecule has 3 aromatic rings. The smallest absolute Gasteiger partial charge is 0.105 e. The molecule has 1 aliphatic carbocycles. The normalized spacial score (nSPS) is 14.6. The van der Waals surface area contributed by atoms with Gasteiger partial charge in [-0.25, -0.2) is 0 Å². The quantitative estimate of drug-likeness (QED) is 0.737. The summed E-state index contributed by atoms with van der Waals surface area (Å²) in [7, 11) is 0. The molecule has 0 heterocycles. The van der Waals surface area contributed by atoms with E-state index in [0.29, 0.717) is 0 Å². The molecule has 0 radical (unpaired) electrons. The standard InChI is InChI=1S/C20H18O/c1-13-4-2-6-16(12-13)20(21)18-11-10-15-9-8-14-5-3-7-17(18)19(14)15/h2-7,10-12,20-21H,8-9H2,1H3/t20-/m0/s1. The van der Waals surface area contributed by atoms with Crippen molar-refractivity contribution in [1.29, 1.82) is 0 Å². The monoisotopic (exact) mass is 274 g/mol. The fraction of sp³-hybridized carbons (Fsp3) is 0.200. The lowest BCUT2D eigenvalue weighted by Gasteiger charge is -2.16. The third-order valence-electron chi connectivity index (χ3n) is 4.56. The topological polar surface area (TPSA) is 20.2 Å². The summed E-state index contributed by atoms with van der Waals surface area (Å²) in [4.78, 5) is 0. The molecule has 0 saturated carbocycles. The van der Waals surface area contributed by atoms with E-state index in [-0.39, 0.29) is 0 Å². The van der Waals surface area contributed by atoms with Crippen LogP contribution in [0, 0.1) is 6.92 Å². The molecule has 0 amide bonds. The predicted molar refractivity (Wildman–Crippen MR) is 86.6 cm³/mol. The molecule has 0 unspecified atom stereocenters. The zero-order valence-electron chi connectivity index (χ0n) is 12.1. The van der Waals surface area contributed by atoms with Gasteiger partial charge in [0, 0.05) is 0 Å². The lowest BCUT2D eigenvalue weighted by molar-refractivity contribution is 0.222. The molecule has 3 aromatic carbocycles. The van der Waals surface area contributed by atoms with Crippen LogP contribution in [0.5, 0.6) is 0 Å². The number of hydrogen-bond donors (Lipinski definition) is 1. The molecule has 1 nitrogen and oxygen atoms in total. The molecule has 0 fully saturated rings. The Labute approximate surface area is 124 Å². The molecule has 0 spiro atoms. The van der Waals surface area contributed by atoms with Gasteiger partial charge in [-0.2, -0.15) is 0 Å². The van der Waals surface area contributed by atoms with Gasteiger partial charge in [0.25, 0.3) is 0 Å². The minimum absolute atomic E-state index is 0.560. The Balaban J connectivity index is 1.92. The van der Waals surface area contributed by atoms with Gasteiger partial charge in [-0.1, -0.05) is 60.2 Å². The van der Waals surface area contributed by atoms with Crippen LogP contribution in [0.4, 0.5) is 0 Å². The van der Waals surface area contributed by atoms with Crippen LogP contribution in [-0.2, 0) is 12.8 Å². The highest BCUT2D eigenvalue weighted by molar-refractivity contribution is 5.93. The Hall–Kier alpha value is -2.12. The summed E-state index contributed by atoms with van der Waals surface area (Å²) in [6, 6.07) is 18.9. The van der Waals surface area contributed by atoms with Gasteiger partial charge in [0.05, 0.1) is 0 Å². The van der Waals surface area contributed by atoms with Crippen molar-refractivity contribution in [2.45, 2.75) is 25.9 Å². The van der Waals surface area contributed by atoms with E-state index in [4.69, 9.17) is 0 Å². The van der Waals surface area contributed by atoms with Crippen LogP contribution in [0.15, 0.2) is 54.6 Å². The molecule has 4 rings (SSSR count). The van der Waals surface area contributed by atoms with E-state index >= 15 is 0 Å². The summed E-state index contributed by atoms with van der Waals surface area (Å²) in [6.45, 7) is 2.06. The Morgan fingerprint density at radius 1 is 0.905 bits per heavy atom. The van der Waals surface area contributed by atoms with Crippen molar-refractivity contribution >= 4 is 10.8 Å². The van der Waals surface area contributed by atoms with Crippen molar-refractivity contribution in [2.24, 2.45) is 0 Å². The number of aryl methyl sites for hydroxylation is 3. The van der Waals surface area contributed by atoms with E-state index in [1.54, 1.807) is 0 Å². The van der Waals surface area contributed by atoms with E-state index in [2.05, 4.69) is 49.4 Å².